The van der Waals surface area contributed by atoms with Gasteiger partial charge in [0.2, 0.25) is 10.0 Å². The fourth-order valence-electron chi connectivity index (χ4n) is 0.811. The van der Waals surface area contributed by atoms with Crippen LogP contribution in [0, 0.1) is 6.92 Å². The summed E-state index contributed by atoms with van der Waals surface area (Å²) >= 11 is 0. The molecule has 1 aromatic rings. The Morgan fingerprint density at radius 1 is 1.46 bits per heavy atom. The van der Waals surface area contributed by atoms with Crippen molar-refractivity contribution < 1.29 is 8.42 Å². The molecular weight excluding hydrogens is 190 g/mol. The molecule has 6 heteroatoms. The summed E-state index contributed by atoms with van der Waals surface area (Å²) in [5.41, 5.74) is 1.48. The molecule has 0 saturated carbocycles. The van der Waals surface area contributed by atoms with E-state index in [4.69, 9.17) is 0 Å². The largest absolute Gasteiger partial charge is 0.242 e. The second kappa shape index (κ2) is 3.80. The molecule has 1 heterocycles. The zero-order valence-corrected chi connectivity index (χ0v) is 8.30. The van der Waals surface area contributed by atoms with Gasteiger partial charge in [0.1, 0.15) is 6.33 Å². The van der Waals surface area contributed by atoms with Gasteiger partial charge in [-0.25, -0.2) is 23.1 Å². The van der Waals surface area contributed by atoms with E-state index in [-0.39, 0.29) is 6.54 Å². The number of aryl methyl sites for hydroxylation is 1. The van der Waals surface area contributed by atoms with E-state index in [2.05, 4.69) is 14.7 Å². The fourth-order valence-corrected chi connectivity index (χ4v) is 1.22. The quantitative estimate of drug-likeness (QED) is 0.737. The maximum Gasteiger partial charge on any atom is 0.209 e. The summed E-state index contributed by atoms with van der Waals surface area (Å²) in [5, 5.41) is 0. The second-order valence-electron chi connectivity index (χ2n) is 2.74. The summed E-state index contributed by atoms with van der Waals surface area (Å²) in [6, 6.07) is 1.73. The third kappa shape index (κ3) is 3.95. The molecule has 0 bridgehead atoms. The van der Waals surface area contributed by atoms with Crippen LogP contribution in [0.15, 0.2) is 12.4 Å². The van der Waals surface area contributed by atoms with Crippen LogP contribution < -0.4 is 4.72 Å². The zero-order valence-electron chi connectivity index (χ0n) is 7.48. The van der Waals surface area contributed by atoms with Crippen LogP contribution in [0.2, 0.25) is 0 Å². The first-order chi connectivity index (χ1) is 5.97. The van der Waals surface area contributed by atoms with Crippen LogP contribution >= 0.6 is 0 Å². The molecule has 72 valence electrons. The van der Waals surface area contributed by atoms with Crippen molar-refractivity contribution in [2.75, 3.05) is 6.26 Å². The van der Waals surface area contributed by atoms with E-state index in [1.807, 2.05) is 6.92 Å². The predicted octanol–water partition coefficient (Wildman–Crippen LogP) is -0.166. The van der Waals surface area contributed by atoms with E-state index in [0.717, 1.165) is 11.9 Å². The van der Waals surface area contributed by atoms with Gasteiger partial charge in [0, 0.05) is 5.69 Å². The SMILES string of the molecule is Cc1cc(CNS(C)(=O)=O)ncn1. The van der Waals surface area contributed by atoms with Crippen molar-refractivity contribution in [1.29, 1.82) is 0 Å². The first-order valence-electron chi connectivity index (χ1n) is 3.69. The number of rotatable bonds is 3. The van der Waals surface area contributed by atoms with E-state index >= 15 is 0 Å². The topological polar surface area (TPSA) is 72.0 Å². The summed E-state index contributed by atoms with van der Waals surface area (Å²) in [7, 11) is -3.15. The molecule has 0 unspecified atom stereocenters. The average Bonchev–Trinajstić information content (AvgIpc) is 2.00. The first-order valence-corrected chi connectivity index (χ1v) is 5.59. The van der Waals surface area contributed by atoms with Crippen LogP contribution in [0.1, 0.15) is 11.4 Å². The maximum absolute atomic E-state index is 10.7. The molecule has 0 aromatic carbocycles. The Morgan fingerprint density at radius 3 is 2.69 bits per heavy atom. The molecule has 0 aliphatic heterocycles. The summed E-state index contributed by atoms with van der Waals surface area (Å²) in [6.07, 6.45) is 2.52. The Kier molecular flexibility index (Phi) is 2.94. The highest BCUT2D eigenvalue weighted by Gasteiger charge is 2.01. The van der Waals surface area contributed by atoms with Crippen LogP contribution in [0.4, 0.5) is 0 Å². The molecular formula is C7H11N3O2S. The average molecular weight is 201 g/mol. The molecule has 0 fully saturated rings. The maximum atomic E-state index is 10.7. The van der Waals surface area contributed by atoms with Crippen molar-refractivity contribution in [3.05, 3.63) is 23.8 Å². The molecule has 0 aliphatic rings. The van der Waals surface area contributed by atoms with Gasteiger partial charge in [-0.05, 0) is 13.0 Å². The summed E-state index contributed by atoms with van der Waals surface area (Å²) < 4.78 is 23.8. The van der Waals surface area contributed by atoms with E-state index in [1.165, 1.54) is 6.33 Å². The molecule has 1 aromatic heterocycles. The van der Waals surface area contributed by atoms with E-state index in [0.29, 0.717) is 5.69 Å². The Labute approximate surface area is 77.3 Å². The van der Waals surface area contributed by atoms with Crippen molar-refractivity contribution in [3.63, 3.8) is 0 Å². The van der Waals surface area contributed by atoms with E-state index in [1.54, 1.807) is 6.07 Å². The first kappa shape index (κ1) is 10.1. The van der Waals surface area contributed by atoms with Crippen LogP contribution in [-0.4, -0.2) is 24.6 Å². The number of sulfonamides is 1. The lowest BCUT2D eigenvalue weighted by Gasteiger charge is -2.01. The van der Waals surface area contributed by atoms with Crippen molar-refractivity contribution >= 4 is 10.0 Å². The fraction of sp³-hybridized carbons (Fsp3) is 0.429. The van der Waals surface area contributed by atoms with Gasteiger partial charge < -0.3 is 0 Å². The summed E-state index contributed by atoms with van der Waals surface area (Å²) in [6.45, 7) is 2.04. The molecule has 5 nitrogen and oxygen atoms in total. The minimum Gasteiger partial charge on any atom is -0.242 e. The Morgan fingerprint density at radius 2 is 2.15 bits per heavy atom. The zero-order chi connectivity index (χ0) is 9.90. The highest BCUT2D eigenvalue weighted by Crippen LogP contribution is 1.95. The summed E-state index contributed by atoms with van der Waals surface area (Å²) in [4.78, 5) is 7.80. The Bertz CT molecular complexity index is 388. The highest BCUT2D eigenvalue weighted by atomic mass is 32.2. The van der Waals surface area contributed by atoms with Crippen molar-refractivity contribution in [2.24, 2.45) is 0 Å². The molecule has 0 radical (unpaired) electrons. The van der Waals surface area contributed by atoms with Crippen molar-refractivity contribution in [3.8, 4) is 0 Å². The lowest BCUT2D eigenvalue weighted by atomic mass is 10.3. The molecule has 1 rings (SSSR count). The van der Waals surface area contributed by atoms with Crippen LogP contribution in [0.25, 0.3) is 0 Å². The van der Waals surface area contributed by atoms with Gasteiger partial charge in [-0.1, -0.05) is 0 Å². The number of hydrogen-bond acceptors (Lipinski definition) is 4. The van der Waals surface area contributed by atoms with E-state index < -0.39 is 10.0 Å². The Balaban J connectivity index is 2.65. The van der Waals surface area contributed by atoms with Crippen LogP contribution in [0.5, 0.6) is 0 Å². The van der Waals surface area contributed by atoms with Gasteiger partial charge in [-0.3, -0.25) is 0 Å². The third-order valence-electron chi connectivity index (χ3n) is 1.38. The van der Waals surface area contributed by atoms with Gasteiger partial charge in [-0.2, -0.15) is 0 Å². The highest BCUT2D eigenvalue weighted by molar-refractivity contribution is 7.88. The number of hydrogen-bond donors (Lipinski definition) is 1. The van der Waals surface area contributed by atoms with Gasteiger partial charge in [0.25, 0.3) is 0 Å². The van der Waals surface area contributed by atoms with E-state index in [9.17, 15) is 8.42 Å². The minimum atomic E-state index is -3.15. The minimum absolute atomic E-state index is 0.211. The molecule has 0 amide bonds. The number of nitrogens with one attached hydrogen (secondary N) is 1. The Hall–Kier alpha value is -1.01. The lowest BCUT2D eigenvalue weighted by Crippen LogP contribution is -2.21. The number of nitrogens with zero attached hydrogens (tertiary/aromatic N) is 2. The van der Waals surface area contributed by atoms with Crippen LogP contribution in [-0.2, 0) is 16.6 Å². The van der Waals surface area contributed by atoms with Gasteiger partial charge in [0.05, 0.1) is 18.5 Å². The monoisotopic (exact) mass is 201 g/mol. The standard InChI is InChI=1S/C7H11N3O2S/c1-6-3-7(9-5-8-6)4-10-13(2,11)12/h3,5,10H,4H2,1-2H3. The molecule has 0 atom stereocenters. The van der Waals surface area contributed by atoms with Crippen LogP contribution in [0.3, 0.4) is 0 Å². The normalized spacial score (nSPS) is 11.5. The van der Waals surface area contributed by atoms with Gasteiger partial charge in [0.15, 0.2) is 0 Å². The molecule has 13 heavy (non-hydrogen) atoms. The molecule has 1 N–H and O–H groups in total. The molecule has 0 spiro atoms. The van der Waals surface area contributed by atoms with Crippen molar-refractivity contribution in [2.45, 2.75) is 13.5 Å². The van der Waals surface area contributed by atoms with Crippen molar-refractivity contribution in [1.82, 2.24) is 14.7 Å². The van der Waals surface area contributed by atoms with Gasteiger partial charge >= 0.3 is 0 Å². The second-order valence-corrected chi connectivity index (χ2v) is 4.58. The predicted molar refractivity (Wildman–Crippen MR) is 48.5 cm³/mol. The lowest BCUT2D eigenvalue weighted by molar-refractivity contribution is 0.586. The van der Waals surface area contributed by atoms with Gasteiger partial charge in [-0.15, -0.1) is 0 Å². The third-order valence-corrected chi connectivity index (χ3v) is 2.04. The smallest absolute Gasteiger partial charge is 0.209 e. The molecule has 0 saturated heterocycles. The number of aromatic nitrogens is 2. The summed E-state index contributed by atoms with van der Waals surface area (Å²) in [5.74, 6) is 0. The molecule has 0 aliphatic carbocycles.